The van der Waals surface area contributed by atoms with Gasteiger partial charge in [0.1, 0.15) is 0 Å². The smallest absolute Gasteiger partial charge is 0.0777 e. The molecule has 1 aromatic heterocycles. The molecule has 0 bridgehead atoms. The van der Waals surface area contributed by atoms with Crippen molar-refractivity contribution in [1.82, 2.24) is 4.98 Å². The minimum absolute atomic E-state index is 1.21. The van der Waals surface area contributed by atoms with Crippen molar-refractivity contribution in [2.75, 3.05) is 0 Å². The van der Waals surface area contributed by atoms with Gasteiger partial charge in [-0.3, -0.25) is 0 Å². The maximum Gasteiger partial charge on any atom is 0.0777 e. The van der Waals surface area contributed by atoms with E-state index in [1.807, 2.05) is 18.3 Å². The average molecular weight is 218 g/mol. The van der Waals surface area contributed by atoms with Crippen molar-refractivity contribution in [1.29, 1.82) is 0 Å². The number of aromatic nitrogens is 1. The van der Waals surface area contributed by atoms with Crippen molar-refractivity contribution in [2.45, 2.75) is 0 Å². The Bertz CT molecular complexity index is 359. The summed E-state index contributed by atoms with van der Waals surface area (Å²) in [6.07, 6.45) is 1.95. The van der Waals surface area contributed by atoms with Crippen LogP contribution < -0.4 is 14.0 Å². The molecule has 1 aromatic carbocycles. The Morgan fingerprint density at radius 1 is 1.07 bits per heavy atom. The molecular formula is C8H8ClNO4. The number of para-hydroxylation sites is 1. The van der Waals surface area contributed by atoms with E-state index in [-0.39, 0.29) is 0 Å². The summed E-state index contributed by atoms with van der Waals surface area (Å²) in [4.78, 5) is 3.12. The van der Waals surface area contributed by atoms with Crippen molar-refractivity contribution < 1.29 is 28.9 Å². The number of halogens is 1. The molecule has 0 fully saturated rings. The molecule has 0 aliphatic heterocycles. The number of benzene rings is 1. The molecule has 14 heavy (non-hydrogen) atoms. The maximum absolute atomic E-state index is 8.60. The van der Waals surface area contributed by atoms with Gasteiger partial charge in [0.25, 0.3) is 0 Å². The Balaban J connectivity index is 0.000000171. The van der Waals surface area contributed by atoms with Gasteiger partial charge in [-0.25, -0.2) is 0 Å². The molecule has 0 atom stereocenters. The van der Waals surface area contributed by atoms with Gasteiger partial charge in [0.15, 0.2) is 0 Å². The Hall–Kier alpha value is -1.11. The highest BCUT2D eigenvalue weighted by atomic mass is 35.7. The topological polar surface area (TPSA) is 105 Å². The maximum atomic E-state index is 8.60. The molecule has 0 saturated heterocycles. The fourth-order valence-corrected chi connectivity index (χ4v) is 0.995. The normalized spacial score (nSPS) is 10.9. The highest BCUT2D eigenvalue weighted by molar-refractivity contribution is 5.78. The minimum Gasteiger partial charge on any atom is -0.361 e. The molecule has 0 aliphatic carbocycles. The van der Waals surface area contributed by atoms with Crippen LogP contribution in [-0.2, 0) is 0 Å². The summed E-state index contributed by atoms with van der Waals surface area (Å²) >= 11 is 0. The number of aromatic amines is 1. The van der Waals surface area contributed by atoms with Gasteiger partial charge in [0, 0.05) is 11.7 Å². The standard InChI is InChI=1S/C8H7N.ClHO4/c1-2-4-8-7(3-1)5-6-9-8;2-1(3,4)5/h1-6,9H;(H,2,3,4,5). The van der Waals surface area contributed by atoms with Crippen LogP contribution in [0.4, 0.5) is 0 Å². The summed E-state index contributed by atoms with van der Waals surface area (Å²) in [5.41, 5.74) is 1.21. The van der Waals surface area contributed by atoms with E-state index >= 15 is 0 Å². The van der Waals surface area contributed by atoms with Crippen molar-refractivity contribution in [2.24, 2.45) is 0 Å². The molecule has 2 rings (SSSR count). The van der Waals surface area contributed by atoms with Crippen LogP contribution in [0.3, 0.4) is 0 Å². The molecule has 2 aromatic rings. The number of nitrogens with one attached hydrogen (secondary N) is 1. The van der Waals surface area contributed by atoms with Crippen LogP contribution in [0.2, 0.25) is 0 Å². The van der Waals surface area contributed by atoms with Gasteiger partial charge in [-0.05, 0) is 17.5 Å². The number of rotatable bonds is 0. The van der Waals surface area contributed by atoms with E-state index < -0.39 is 10.2 Å². The van der Waals surface area contributed by atoms with E-state index in [1.54, 1.807) is 0 Å². The lowest BCUT2D eigenvalue weighted by Gasteiger charge is -2.03. The molecule has 0 unspecified atom stereocenters. The Kier molecular flexibility index (Phi) is 3.45. The molecule has 2 N–H and O–H groups in total. The average Bonchev–Trinajstić information content (AvgIpc) is 2.47. The number of hydrogen-bond acceptors (Lipinski definition) is 4. The zero-order valence-corrected chi connectivity index (χ0v) is 7.77. The van der Waals surface area contributed by atoms with E-state index in [9.17, 15) is 0 Å². The second kappa shape index (κ2) is 4.41. The summed E-state index contributed by atoms with van der Waals surface area (Å²) in [6.45, 7) is 0. The van der Waals surface area contributed by atoms with E-state index in [0.717, 1.165) is 0 Å². The minimum atomic E-state index is -4.69. The van der Waals surface area contributed by atoms with Crippen LogP contribution in [0.1, 0.15) is 0 Å². The molecule has 5 nitrogen and oxygen atoms in total. The molecule has 0 aliphatic rings. The van der Waals surface area contributed by atoms with Gasteiger partial charge < -0.3 is 4.98 Å². The summed E-state index contributed by atoms with van der Waals surface area (Å²) in [6, 6.07) is 10.3. The summed E-state index contributed by atoms with van der Waals surface area (Å²) in [5.74, 6) is 0. The fraction of sp³-hybridized carbons (Fsp3) is 0. The van der Waals surface area contributed by atoms with Crippen molar-refractivity contribution in [3.05, 3.63) is 36.5 Å². The lowest BCUT2D eigenvalue weighted by molar-refractivity contribution is -1.92. The van der Waals surface area contributed by atoms with Gasteiger partial charge in [-0.15, -0.1) is 0 Å². The lowest BCUT2D eigenvalue weighted by Crippen LogP contribution is -2.58. The quantitative estimate of drug-likeness (QED) is 0.535. The molecular weight excluding hydrogens is 210 g/mol. The van der Waals surface area contributed by atoms with Crippen molar-refractivity contribution >= 4 is 10.9 Å². The monoisotopic (exact) mass is 217 g/mol. The second-order valence-electron chi connectivity index (χ2n) is 2.46. The first-order valence-electron chi connectivity index (χ1n) is 3.62. The summed E-state index contributed by atoms with van der Waals surface area (Å²) in [5, 5.41) is 1.28. The van der Waals surface area contributed by atoms with Crippen LogP contribution in [0, 0.1) is 10.2 Å². The molecule has 0 spiro atoms. The first-order chi connectivity index (χ1) is 6.47. The first kappa shape index (κ1) is 11.0. The van der Waals surface area contributed by atoms with E-state index in [2.05, 4.69) is 23.2 Å². The Morgan fingerprint density at radius 3 is 2.21 bits per heavy atom. The molecule has 0 saturated carbocycles. The third-order valence-electron chi connectivity index (χ3n) is 1.46. The van der Waals surface area contributed by atoms with Gasteiger partial charge in [0.2, 0.25) is 0 Å². The molecule has 6 heteroatoms. The molecule has 0 amide bonds. The van der Waals surface area contributed by atoms with Crippen LogP contribution in [0.25, 0.3) is 10.9 Å². The largest absolute Gasteiger partial charge is 0.361 e. The fourth-order valence-electron chi connectivity index (χ4n) is 0.995. The molecule has 1 heterocycles. The number of H-pyrrole nitrogens is 1. The van der Waals surface area contributed by atoms with Gasteiger partial charge in [0.05, 0.1) is 14.9 Å². The lowest BCUT2D eigenvalue weighted by atomic mass is 10.3. The summed E-state index contributed by atoms with van der Waals surface area (Å²) in [7, 11) is -4.69. The Morgan fingerprint density at radius 2 is 1.64 bits per heavy atom. The van der Waals surface area contributed by atoms with Crippen LogP contribution in [0.5, 0.6) is 0 Å². The van der Waals surface area contributed by atoms with Crippen LogP contribution in [0.15, 0.2) is 36.5 Å². The van der Waals surface area contributed by atoms with Gasteiger partial charge >= 0.3 is 0 Å². The predicted molar refractivity (Wildman–Crippen MR) is 40.5 cm³/mol. The van der Waals surface area contributed by atoms with Crippen molar-refractivity contribution in [3.63, 3.8) is 0 Å². The second-order valence-corrected chi connectivity index (χ2v) is 3.25. The van der Waals surface area contributed by atoms with Crippen LogP contribution in [-0.4, -0.2) is 9.64 Å². The van der Waals surface area contributed by atoms with E-state index in [1.165, 1.54) is 10.9 Å². The zero-order chi connectivity index (χ0) is 10.6. The van der Waals surface area contributed by atoms with Crippen LogP contribution >= 0.6 is 0 Å². The van der Waals surface area contributed by atoms with E-state index in [4.69, 9.17) is 18.6 Å². The predicted octanol–water partition coefficient (Wildman–Crippen LogP) is -1.96. The van der Waals surface area contributed by atoms with E-state index in [0.29, 0.717) is 0 Å². The third kappa shape index (κ3) is 4.22. The first-order valence-corrected chi connectivity index (χ1v) is 4.88. The third-order valence-corrected chi connectivity index (χ3v) is 1.46. The number of hydrogen-bond donors (Lipinski definition) is 2. The molecule has 0 radical (unpaired) electrons. The number of fused-ring (bicyclic) bond motifs is 1. The Labute approximate surface area is 82.0 Å². The van der Waals surface area contributed by atoms with Crippen molar-refractivity contribution in [3.8, 4) is 0 Å². The van der Waals surface area contributed by atoms with Gasteiger partial charge in [-0.2, -0.15) is 14.0 Å². The SMILES string of the molecule is [O-][Cl+3]([O-])([O-])O.c1ccc2[nH]ccc2c1. The van der Waals surface area contributed by atoms with Gasteiger partial charge in [-0.1, -0.05) is 18.2 Å². The highest BCUT2D eigenvalue weighted by Gasteiger charge is 1.98. The highest BCUT2D eigenvalue weighted by Crippen LogP contribution is 2.09. The molecule has 76 valence electrons. The summed E-state index contributed by atoms with van der Waals surface area (Å²) < 4.78 is 32.7. The zero-order valence-electron chi connectivity index (χ0n) is 7.01.